The Morgan fingerprint density at radius 3 is 2.54 bits per heavy atom. The Kier molecular flexibility index (Phi) is 7.78. The number of aromatic nitrogens is 4. The van der Waals surface area contributed by atoms with E-state index >= 15 is 0 Å². The summed E-state index contributed by atoms with van der Waals surface area (Å²) in [6, 6.07) is 22.1. The summed E-state index contributed by atoms with van der Waals surface area (Å²) in [6.07, 6.45) is 7.65. The summed E-state index contributed by atoms with van der Waals surface area (Å²) in [5, 5.41) is 10.4. The molecule has 46 heavy (non-hydrogen) atoms. The van der Waals surface area contributed by atoms with Gasteiger partial charge in [-0.15, -0.1) is 0 Å². The molecular formula is C35H39N7O3S. The van der Waals surface area contributed by atoms with Gasteiger partial charge in [-0.2, -0.15) is 0 Å². The van der Waals surface area contributed by atoms with Crippen LogP contribution in [0.1, 0.15) is 43.4 Å². The van der Waals surface area contributed by atoms with Gasteiger partial charge in [0.15, 0.2) is 5.82 Å². The zero-order valence-corrected chi connectivity index (χ0v) is 26.8. The Labute approximate surface area is 269 Å². The molecule has 11 heteroatoms. The Bertz CT molecular complexity index is 1990. The quantitative estimate of drug-likeness (QED) is 0.183. The molecule has 4 unspecified atom stereocenters. The molecule has 3 aliphatic rings. The molecule has 1 aliphatic heterocycles. The van der Waals surface area contributed by atoms with E-state index in [2.05, 4.69) is 46.1 Å². The first kappa shape index (κ1) is 30.3. The van der Waals surface area contributed by atoms with Gasteiger partial charge >= 0.3 is 0 Å². The molecule has 0 amide bonds. The molecule has 2 aliphatic carbocycles. The van der Waals surface area contributed by atoms with Crippen molar-refractivity contribution >= 4 is 26.6 Å². The fourth-order valence-corrected chi connectivity index (χ4v) is 7.71. The number of rotatable bonds is 6. The van der Waals surface area contributed by atoms with E-state index in [9.17, 15) is 9.32 Å². The van der Waals surface area contributed by atoms with Crippen molar-refractivity contribution in [3.05, 3.63) is 90.4 Å². The van der Waals surface area contributed by atoms with Gasteiger partial charge in [-0.3, -0.25) is 4.78 Å². The number of anilines is 1. The number of hydrogen-bond acceptors (Lipinski definition) is 9. The SMILES string of the molecule is CC1COCCN1c1cc(C2(S(C)(=N)=O)CC2)nc(-c2ccnc3[nH]ccc23)n1.NC1CC1c1ccc(-c2cccc(O)c2)cc1. The van der Waals surface area contributed by atoms with E-state index in [0.717, 1.165) is 59.3 Å². The van der Waals surface area contributed by atoms with Crippen molar-refractivity contribution in [3.63, 3.8) is 0 Å². The minimum Gasteiger partial charge on any atom is -0.508 e. The van der Waals surface area contributed by atoms with Gasteiger partial charge in [-0.1, -0.05) is 36.4 Å². The average molecular weight is 638 g/mol. The second kappa shape index (κ2) is 11.8. The molecular weight excluding hydrogens is 598 g/mol. The van der Waals surface area contributed by atoms with E-state index < -0.39 is 14.5 Å². The first-order valence-corrected chi connectivity index (χ1v) is 17.6. The van der Waals surface area contributed by atoms with Crippen LogP contribution in [-0.2, 0) is 19.2 Å². The standard InChI is InChI=1S/C20H24N6O2S.C15H15NO/c1-13-12-28-10-9-26(13)17-11-16(20(5-6-20)29(2,21)27)24-19(25-17)15-4-8-23-18-14(15)3-7-22-18;16-15-9-14(15)11-6-4-10(5-7-11)12-2-1-3-13(17)8-12/h3-4,7-8,11,13,21H,5-6,9-10,12H2,1-2H3,(H,22,23);1-8,14-15,17H,9,16H2. The summed E-state index contributed by atoms with van der Waals surface area (Å²) in [5.41, 5.74) is 11.7. The third-order valence-corrected chi connectivity index (χ3v) is 11.5. The highest BCUT2D eigenvalue weighted by Crippen LogP contribution is 2.52. The minimum absolute atomic E-state index is 0.182. The zero-order chi connectivity index (χ0) is 32.1. The van der Waals surface area contributed by atoms with E-state index in [-0.39, 0.29) is 6.04 Å². The minimum atomic E-state index is -2.79. The van der Waals surface area contributed by atoms with E-state index in [1.54, 1.807) is 18.3 Å². The van der Waals surface area contributed by atoms with Crippen molar-refractivity contribution in [2.24, 2.45) is 5.73 Å². The average Bonchev–Trinajstić information content (AvgIpc) is 3.96. The lowest BCUT2D eigenvalue weighted by atomic mass is 10.0. The molecule has 5 N–H and O–H groups in total. The summed E-state index contributed by atoms with van der Waals surface area (Å²) in [6.45, 7) is 4.13. The number of nitrogens with one attached hydrogen (secondary N) is 2. The van der Waals surface area contributed by atoms with Gasteiger partial charge in [0.05, 0.1) is 39.4 Å². The van der Waals surface area contributed by atoms with E-state index in [0.29, 0.717) is 42.4 Å². The van der Waals surface area contributed by atoms with Gasteiger partial charge in [-0.25, -0.2) is 19.2 Å². The molecule has 3 aromatic heterocycles. The predicted octanol–water partition coefficient (Wildman–Crippen LogP) is 5.78. The number of hydrogen-bond donors (Lipinski definition) is 4. The molecule has 1 saturated heterocycles. The first-order chi connectivity index (χ1) is 22.1. The van der Waals surface area contributed by atoms with Gasteiger partial charge in [0, 0.05) is 54.2 Å². The Balaban J connectivity index is 0.000000169. The van der Waals surface area contributed by atoms with Crippen LogP contribution in [0.2, 0.25) is 0 Å². The molecule has 3 fully saturated rings. The fraction of sp³-hybridized carbons (Fsp3) is 0.343. The molecule has 5 aromatic rings. The van der Waals surface area contributed by atoms with Gasteiger partial charge in [0.1, 0.15) is 17.2 Å². The number of aromatic hydroxyl groups is 1. The van der Waals surface area contributed by atoms with Crippen molar-refractivity contribution in [3.8, 4) is 28.3 Å². The van der Waals surface area contributed by atoms with Crippen LogP contribution in [-0.4, -0.2) is 67.3 Å². The lowest BCUT2D eigenvalue weighted by Gasteiger charge is -2.35. The molecule has 8 rings (SSSR count). The number of nitrogens with two attached hydrogens (primary N) is 1. The second-order valence-electron chi connectivity index (χ2n) is 12.7. The monoisotopic (exact) mass is 637 g/mol. The number of morpholine rings is 1. The number of phenolic OH excluding ortho intramolecular Hbond substituents is 1. The van der Waals surface area contributed by atoms with Crippen LogP contribution < -0.4 is 10.6 Å². The van der Waals surface area contributed by atoms with E-state index in [1.807, 2.05) is 36.5 Å². The lowest BCUT2D eigenvalue weighted by molar-refractivity contribution is 0.0985. The number of aromatic amines is 1. The van der Waals surface area contributed by atoms with Crippen LogP contribution in [0.15, 0.2) is 79.1 Å². The number of nitrogens with zero attached hydrogens (tertiary/aromatic N) is 4. The zero-order valence-electron chi connectivity index (χ0n) is 26.0. The fourth-order valence-electron chi connectivity index (χ4n) is 6.32. The Morgan fingerprint density at radius 2 is 1.87 bits per heavy atom. The van der Waals surface area contributed by atoms with Crippen LogP contribution in [0.4, 0.5) is 5.82 Å². The van der Waals surface area contributed by atoms with Crippen LogP contribution in [0.5, 0.6) is 5.75 Å². The van der Waals surface area contributed by atoms with Gasteiger partial charge in [0.25, 0.3) is 0 Å². The van der Waals surface area contributed by atoms with Crippen molar-refractivity contribution in [2.45, 2.75) is 48.9 Å². The Morgan fingerprint density at radius 1 is 1.09 bits per heavy atom. The maximum Gasteiger partial charge on any atom is 0.162 e. The molecule has 4 heterocycles. The summed E-state index contributed by atoms with van der Waals surface area (Å²) < 4.78 is 26.0. The third kappa shape index (κ3) is 5.86. The molecule has 0 bridgehead atoms. The normalized spacial score (nSPS) is 22.8. The highest BCUT2D eigenvalue weighted by Gasteiger charge is 2.53. The van der Waals surface area contributed by atoms with Crippen LogP contribution in [0, 0.1) is 4.78 Å². The topological polar surface area (TPSA) is 154 Å². The molecule has 0 radical (unpaired) electrons. The smallest absolute Gasteiger partial charge is 0.162 e. The second-order valence-corrected chi connectivity index (χ2v) is 15.1. The van der Waals surface area contributed by atoms with Crippen LogP contribution in [0.3, 0.4) is 0 Å². The summed E-state index contributed by atoms with van der Waals surface area (Å²) >= 11 is 0. The van der Waals surface area contributed by atoms with Gasteiger partial charge < -0.3 is 25.5 Å². The number of pyridine rings is 1. The van der Waals surface area contributed by atoms with E-state index in [1.165, 1.54) is 11.8 Å². The number of H-pyrrole nitrogens is 1. The Hall–Kier alpha value is -4.32. The molecule has 0 spiro atoms. The van der Waals surface area contributed by atoms with Gasteiger partial charge in [-0.05, 0) is 67.1 Å². The summed E-state index contributed by atoms with van der Waals surface area (Å²) in [5.74, 6) is 2.23. The summed E-state index contributed by atoms with van der Waals surface area (Å²) in [7, 11) is -2.79. The number of phenols is 1. The van der Waals surface area contributed by atoms with Crippen molar-refractivity contribution in [1.82, 2.24) is 19.9 Å². The molecule has 238 valence electrons. The molecule has 2 saturated carbocycles. The van der Waals surface area contributed by atoms with Crippen molar-refractivity contribution < 1.29 is 14.1 Å². The van der Waals surface area contributed by atoms with Crippen LogP contribution in [0.25, 0.3) is 33.5 Å². The lowest BCUT2D eigenvalue weighted by Crippen LogP contribution is -2.44. The maximum atomic E-state index is 12.8. The predicted molar refractivity (Wildman–Crippen MR) is 181 cm³/mol. The van der Waals surface area contributed by atoms with Crippen molar-refractivity contribution in [2.75, 3.05) is 30.9 Å². The van der Waals surface area contributed by atoms with Gasteiger partial charge in [0.2, 0.25) is 0 Å². The number of ether oxygens (including phenoxy) is 1. The number of benzene rings is 2. The highest BCUT2D eigenvalue weighted by atomic mass is 32.2. The largest absolute Gasteiger partial charge is 0.508 e. The first-order valence-electron chi connectivity index (χ1n) is 15.7. The summed E-state index contributed by atoms with van der Waals surface area (Å²) in [4.78, 5) is 19.4. The highest BCUT2D eigenvalue weighted by molar-refractivity contribution is 7.93. The third-order valence-electron chi connectivity index (χ3n) is 9.35. The van der Waals surface area contributed by atoms with E-state index in [4.69, 9.17) is 25.2 Å². The molecule has 2 aromatic carbocycles. The number of fused-ring (bicyclic) bond motifs is 1. The maximum absolute atomic E-state index is 12.8. The molecule has 4 atom stereocenters. The van der Waals surface area contributed by atoms with Crippen LogP contribution >= 0.6 is 0 Å². The molecule has 10 nitrogen and oxygen atoms in total. The van der Waals surface area contributed by atoms with Crippen molar-refractivity contribution in [1.29, 1.82) is 4.78 Å².